The lowest BCUT2D eigenvalue weighted by molar-refractivity contribution is -0.870. The molecule has 3 atom stereocenters. The zero-order valence-corrected chi connectivity index (χ0v) is 53.8. The number of hydrogen-bond acceptors (Lipinski definition) is 6. The summed E-state index contributed by atoms with van der Waals surface area (Å²) in [6.45, 7) is 6.99. The summed E-state index contributed by atoms with van der Waals surface area (Å²) in [5, 5.41) is 3.05. The first-order chi connectivity index (χ1) is 38.4. The van der Waals surface area contributed by atoms with E-state index in [4.69, 9.17) is 13.8 Å². The Morgan fingerprint density at radius 1 is 0.443 bits per heavy atom. The first-order valence-corrected chi connectivity index (χ1v) is 35.1. The van der Waals surface area contributed by atoms with Crippen molar-refractivity contribution in [2.24, 2.45) is 0 Å². The van der Waals surface area contributed by atoms with Crippen LogP contribution in [0.5, 0.6) is 0 Å². The third kappa shape index (κ3) is 60.1. The monoisotopic (exact) mass is 1130 g/mol. The van der Waals surface area contributed by atoms with Crippen molar-refractivity contribution < 1.29 is 37.3 Å². The number of ether oxygens (including phenoxy) is 1. The van der Waals surface area contributed by atoms with E-state index in [2.05, 4.69) is 74.7 Å². The molecule has 0 radical (unpaired) electrons. The molecule has 0 saturated heterocycles. The van der Waals surface area contributed by atoms with Crippen molar-refractivity contribution in [2.75, 3.05) is 40.9 Å². The van der Waals surface area contributed by atoms with Gasteiger partial charge in [-0.1, -0.05) is 268 Å². The number of rotatable bonds is 61. The number of amides is 1. The predicted molar refractivity (Wildman–Crippen MR) is 342 cm³/mol. The lowest BCUT2D eigenvalue weighted by Gasteiger charge is -2.27. The normalized spacial score (nSPS) is 14.0. The van der Waals surface area contributed by atoms with Gasteiger partial charge in [0.05, 0.1) is 33.8 Å². The molecular formula is C69H130N2O7P+. The van der Waals surface area contributed by atoms with Gasteiger partial charge in [-0.15, -0.1) is 0 Å². The standard InChI is InChI=1S/C69H129N2O7P/c1-7-10-13-16-19-22-25-28-30-32-33-34-35-36-37-39-41-44-47-50-53-56-59-62-69(73)78-67(60-57-54-51-48-45-42-27-24-21-18-15-12-9-3)66(65-77-79(74,75)76-64-63-71(4,5)6)70-68(72)61-58-55-52-49-46-43-40-38-31-29-26-23-20-17-14-11-8-2/h20,23,28-31,40,43,57,60,66-67H,7-19,21-22,24-27,32-39,41-42,44-56,58-59,61-65H2,1-6H3,(H-,70,72,74,75)/p+1/b23-20-,30-28+,31-29-,43-40-,60-57-. The van der Waals surface area contributed by atoms with Crippen molar-refractivity contribution in [3.63, 3.8) is 0 Å². The highest BCUT2D eigenvalue weighted by atomic mass is 31.2. The predicted octanol–water partition coefficient (Wildman–Crippen LogP) is 21.0. The SMILES string of the molecule is CCCCC/C=C\C/C=C\C/C=C\CCCCCCC(=O)NC(COP(=O)(O)OCC[N+](C)(C)C)C(/C=C\CCCCCCCCCCCCC)OC(=O)CCCCCCCCCCCCCCC/C=C/CCCCCCCC. The van der Waals surface area contributed by atoms with Crippen LogP contribution < -0.4 is 5.32 Å². The van der Waals surface area contributed by atoms with Crippen molar-refractivity contribution in [1.29, 1.82) is 0 Å². The van der Waals surface area contributed by atoms with Crippen molar-refractivity contribution in [3.8, 4) is 0 Å². The molecule has 462 valence electrons. The summed E-state index contributed by atoms with van der Waals surface area (Å²) in [5.74, 6) is -0.521. The number of phosphoric ester groups is 1. The molecule has 0 fully saturated rings. The van der Waals surface area contributed by atoms with Crippen LogP contribution in [0.1, 0.15) is 316 Å². The molecule has 0 aromatic carbocycles. The number of allylic oxidation sites excluding steroid dienone is 9. The summed E-state index contributed by atoms with van der Waals surface area (Å²) in [5.41, 5.74) is 0. The minimum Gasteiger partial charge on any atom is -0.456 e. The van der Waals surface area contributed by atoms with E-state index in [1.54, 1.807) is 0 Å². The van der Waals surface area contributed by atoms with Crippen LogP contribution >= 0.6 is 7.82 Å². The Hall–Kier alpha value is -2.29. The van der Waals surface area contributed by atoms with Crippen LogP contribution in [0, 0.1) is 0 Å². The molecule has 0 heterocycles. The van der Waals surface area contributed by atoms with Crippen molar-refractivity contribution in [3.05, 3.63) is 60.8 Å². The van der Waals surface area contributed by atoms with E-state index in [1.165, 1.54) is 199 Å². The maximum absolute atomic E-state index is 13.6. The number of unbranched alkanes of at least 4 members (excludes halogenated alkanes) is 37. The minimum absolute atomic E-state index is 0.0353. The van der Waals surface area contributed by atoms with Gasteiger partial charge in [-0.3, -0.25) is 18.6 Å². The lowest BCUT2D eigenvalue weighted by atomic mass is 10.0. The van der Waals surface area contributed by atoms with Crippen molar-refractivity contribution in [1.82, 2.24) is 5.32 Å². The number of likely N-dealkylation sites (N-methyl/N-ethyl adjacent to an activating group) is 1. The molecule has 2 N–H and O–H groups in total. The average Bonchev–Trinajstić information content (AvgIpc) is 3.41. The van der Waals surface area contributed by atoms with Crippen LogP contribution in [0.3, 0.4) is 0 Å². The molecule has 0 bridgehead atoms. The fourth-order valence-electron chi connectivity index (χ4n) is 9.71. The van der Waals surface area contributed by atoms with E-state index in [0.717, 1.165) is 83.5 Å². The number of phosphoric acid groups is 1. The molecule has 0 rings (SSSR count). The van der Waals surface area contributed by atoms with Crippen molar-refractivity contribution in [2.45, 2.75) is 328 Å². The van der Waals surface area contributed by atoms with Gasteiger partial charge in [0, 0.05) is 12.8 Å². The summed E-state index contributed by atoms with van der Waals surface area (Å²) in [6.07, 6.45) is 75.1. The van der Waals surface area contributed by atoms with Crippen LogP contribution in [-0.2, 0) is 27.9 Å². The smallest absolute Gasteiger partial charge is 0.456 e. The number of hydrogen-bond donors (Lipinski definition) is 2. The molecule has 9 nitrogen and oxygen atoms in total. The fourth-order valence-corrected chi connectivity index (χ4v) is 10.4. The topological polar surface area (TPSA) is 111 Å². The quantitative estimate of drug-likeness (QED) is 0.0205. The lowest BCUT2D eigenvalue weighted by Crippen LogP contribution is -2.47. The summed E-state index contributed by atoms with van der Waals surface area (Å²) in [4.78, 5) is 37.8. The molecule has 3 unspecified atom stereocenters. The number of nitrogens with zero attached hydrogens (tertiary/aromatic N) is 1. The number of carbonyl (C=O) groups excluding carboxylic acids is 2. The number of carbonyl (C=O) groups is 2. The largest absolute Gasteiger partial charge is 0.472 e. The van der Waals surface area contributed by atoms with Crippen molar-refractivity contribution >= 4 is 19.7 Å². The molecular weight excluding hydrogens is 1000 g/mol. The van der Waals surface area contributed by atoms with E-state index in [1.807, 2.05) is 33.3 Å². The second kappa shape index (κ2) is 58.9. The van der Waals surface area contributed by atoms with Gasteiger partial charge < -0.3 is 19.4 Å². The van der Waals surface area contributed by atoms with Crippen LogP contribution in [-0.4, -0.2) is 74.3 Å². The maximum Gasteiger partial charge on any atom is 0.472 e. The molecule has 0 aromatic heterocycles. The van der Waals surface area contributed by atoms with Gasteiger partial charge in [-0.2, -0.15) is 0 Å². The van der Waals surface area contributed by atoms with Gasteiger partial charge in [-0.25, -0.2) is 4.57 Å². The van der Waals surface area contributed by atoms with Gasteiger partial charge in [-0.05, 0) is 96.0 Å². The molecule has 0 aliphatic carbocycles. The zero-order chi connectivity index (χ0) is 57.9. The fraction of sp³-hybridized carbons (Fsp3) is 0.826. The first-order valence-electron chi connectivity index (χ1n) is 33.6. The third-order valence-corrected chi connectivity index (χ3v) is 15.9. The summed E-state index contributed by atoms with van der Waals surface area (Å²) < 4.78 is 30.8. The molecule has 0 saturated carbocycles. The van der Waals surface area contributed by atoms with Crippen LogP contribution in [0.2, 0.25) is 0 Å². The van der Waals surface area contributed by atoms with E-state index in [0.29, 0.717) is 17.4 Å². The second-order valence-corrected chi connectivity index (χ2v) is 25.4. The number of esters is 1. The molecule has 0 spiro atoms. The second-order valence-electron chi connectivity index (χ2n) is 24.0. The van der Waals surface area contributed by atoms with Gasteiger partial charge in [0.15, 0.2) is 0 Å². The number of nitrogens with one attached hydrogen (secondary N) is 1. The molecule has 0 aliphatic heterocycles. The molecule has 79 heavy (non-hydrogen) atoms. The zero-order valence-electron chi connectivity index (χ0n) is 52.9. The summed E-state index contributed by atoms with van der Waals surface area (Å²) in [7, 11) is 1.49. The molecule has 1 amide bonds. The van der Waals surface area contributed by atoms with Crippen LogP contribution in [0.4, 0.5) is 0 Å². The summed E-state index contributed by atoms with van der Waals surface area (Å²) in [6, 6.07) is -0.861. The first kappa shape index (κ1) is 76.7. The highest BCUT2D eigenvalue weighted by Gasteiger charge is 2.30. The highest BCUT2D eigenvalue weighted by Crippen LogP contribution is 2.43. The molecule has 10 heteroatoms. The maximum atomic E-state index is 13.6. The van der Waals surface area contributed by atoms with E-state index in [9.17, 15) is 19.0 Å². The van der Waals surface area contributed by atoms with E-state index >= 15 is 0 Å². The van der Waals surface area contributed by atoms with E-state index < -0.39 is 20.0 Å². The average molecular weight is 1130 g/mol. The highest BCUT2D eigenvalue weighted by molar-refractivity contribution is 7.47. The molecule has 0 aromatic rings. The molecule has 0 aliphatic rings. The van der Waals surface area contributed by atoms with Gasteiger partial charge in [0.25, 0.3) is 0 Å². The number of quaternary nitrogens is 1. The Balaban J connectivity index is 5.19. The Bertz CT molecular complexity index is 1540. The Morgan fingerprint density at radius 2 is 0.772 bits per heavy atom. The Kier molecular flexibility index (Phi) is 57.2. The van der Waals surface area contributed by atoms with Gasteiger partial charge in [0.1, 0.15) is 19.3 Å². The minimum atomic E-state index is -4.46. The van der Waals surface area contributed by atoms with Gasteiger partial charge >= 0.3 is 13.8 Å². The summed E-state index contributed by atoms with van der Waals surface area (Å²) >= 11 is 0. The third-order valence-electron chi connectivity index (χ3n) is 14.9. The van der Waals surface area contributed by atoms with E-state index in [-0.39, 0.29) is 31.5 Å². The Labute approximate surface area is 490 Å². The van der Waals surface area contributed by atoms with Gasteiger partial charge in [0.2, 0.25) is 5.91 Å². The Morgan fingerprint density at radius 3 is 1.19 bits per heavy atom. The van der Waals surface area contributed by atoms with Crippen LogP contribution in [0.15, 0.2) is 60.8 Å². The van der Waals surface area contributed by atoms with Crippen LogP contribution in [0.25, 0.3) is 0 Å².